The summed E-state index contributed by atoms with van der Waals surface area (Å²) in [6.45, 7) is 1.74. The monoisotopic (exact) mass is 341 g/mol. The second-order valence-corrected chi connectivity index (χ2v) is 6.83. The largest absolute Gasteiger partial charge is 0.497 e. The maximum atomic E-state index is 5.84. The number of methoxy groups -OCH3 is 1. The van der Waals surface area contributed by atoms with E-state index in [4.69, 9.17) is 9.15 Å². The highest BCUT2D eigenvalue weighted by Crippen LogP contribution is 2.34. The molecule has 0 spiro atoms. The van der Waals surface area contributed by atoms with E-state index in [1.165, 1.54) is 12.0 Å². The lowest BCUT2D eigenvalue weighted by Gasteiger charge is -2.23. The Morgan fingerprint density at radius 1 is 1.25 bits per heavy atom. The Balaban J connectivity index is 1.49. The molecular formula is C18H19N3O2S. The molecule has 24 heavy (non-hydrogen) atoms. The molecule has 1 aliphatic rings. The van der Waals surface area contributed by atoms with Crippen LogP contribution in [0.25, 0.3) is 10.8 Å². The second kappa shape index (κ2) is 6.75. The van der Waals surface area contributed by atoms with Crippen LogP contribution in [0.5, 0.6) is 5.75 Å². The first kappa shape index (κ1) is 15.4. The maximum Gasteiger partial charge on any atom is 0.257 e. The van der Waals surface area contributed by atoms with Crippen molar-refractivity contribution in [3.05, 3.63) is 53.2 Å². The summed E-state index contributed by atoms with van der Waals surface area (Å²) in [6.07, 6.45) is 2.33. The maximum absolute atomic E-state index is 5.84. The van der Waals surface area contributed by atoms with Gasteiger partial charge in [-0.3, -0.25) is 4.90 Å². The van der Waals surface area contributed by atoms with Gasteiger partial charge < -0.3 is 9.15 Å². The molecule has 3 heterocycles. The lowest BCUT2D eigenvalue weighted by atomic mass is 10.0. The van der Waals surface area contributed by atoms with Crippen molar-refractivity contribution in [2.75, 3.05) is 13.7 Å². The van der Waals surface area contributed by atoms with E-state index >= 15 is 0 Å². The van der Waals surface area contributed by atoms with Gasteiger partial charge in [-0.15, -0.1) is 21.5 Å². The average Bonchev–Trinajstić information content (AvgIpc) is 3.37. The van der Waals surface area contributed by atoms with E-state index in [0.717, 1.165) is 23.6 Å². The fraction of sp³-hybridized carbons (Fsp3) is 0.333. The van der Waals surface area contributed by atoms with E-state index in [1.807, 2.05) is 29.6 Å². The number of likely N-dealkylation sites (tertiary alicyclic amines) is 1. The smallest absolute Gasteiger partial charge is 0.257 e. The summed E-state index contributed by atoms with van der Waals surface area (Å²) < 4.78 is 11.1. The predicted molar refractivity (Wildman–Crippen MR) is 93.0 cm³/mol. The molecule has 0 bridgehead atoms. The minimum Gasteiger partial charge on any atom is -0.497 e. The van der Waals surface area contributed by atoms with Gasteiger partial charge in [0.05, 0.1) is 18.5 Å². The Morgan fingerprint density at radius 3 is 2.88 bits per heavy atom. The van der Waals surface area contributed by atoms with Crippen LogP contribution in [-0.2, 0) is 6.54 Å². The first-order chi connectivity index (χ1) is 11.8. The van der Waals surface area contributed by atoms with Gasteiger partial charge in [0.25, 0.3) is 5.89 Å². The molecule has 1 unspecified atom stereocenters. The van der Waals surface area contributed by atoms with Crippen LogP contribution in [0.2, 0.25) is 0 Å². The molecule has 4 rings (SSSR count). The number of thiophene rings is 1. The van der Waals surface area contributed by atoms with Crippen molar-refractivity contribution in [1.82, 2.24) is 15.1 Å². The zero-order chi connectivity index (χ0) is 16.4. The summed E-state index contributed by atoms with van der Waals surface area (Å²) in [5.74, 6) is 2.18. The summed E-state index contributed by atoms with van der Waals surface area (Å²) in [5, 5.41) is 10.4. The van der Waals surface area contributed by atoms with Crippen LogP contribution in [-0.4, -0.2) is 28.8 Å². The quantitative estimate of drug-likeness (QED) is 0.698. The zero-order valence-corrected chi connectivity index (χ0v) is 14.3. The fourth-order valence-corrected chi connectivity index (χ4v) is 3.85. The molecule has 6 heteroatoms. The molecule has 2 aromatic heterocycles. The van der Waals surface area contributed by atoms with Crippen LogP contribution in [0.1, 0.15) is 30.3 Å². The molecule has 124 valence electrons. The van der Waals surface area contributed by atoms with Crippen LogP contribution in [0.3, 0.4) is 0 Å². The summed E-state index contributed by atoms with van der Waals surface area (Å²) in [7, 11) is 1.69. The highest BCUT2D eigenvalue weighted by Gasteiger charge is 2.27. The molecule has 0 amide bonds. The number of ether oxygens (including phenoxy) is 1. The van der Waals surface area contributed by atoms with Gasteiger partial charge in [-0.1, -0.05) is 18.2 Å². The van der Waals surface area contributed by atoms with E-state index in [0.29, 0.717) is 24.4 Å². The van der Waals surface area contributed by atoms with E-state index in [1.54, 1.807) is 18.4 Å². The van der Waals surface area contributed by atoms with Crippen LogP contribution >= 0.6 is 11.3 Å². The SMILES string of the molecule is COc1ccc(C2CCCN2Cc2nnc(-c3cccs3)o2)cc1. The molecule has 1 saturated heterocycles. The third kappa shape index (κ3) is 3.07. The van der Waals surface area contributed by atoms with Crippen LogP contribution in [0.4, 0.5) is 0 Å². The van der Waals surface area contributed by atoms with Crippen molar-refractivity contribution in [2.24, 2.45) is 0 Å². The van der Waals surface area contributed by atoms with Gasteiger partial charge >= 0.3 is 0 Å². The van der Waals surface area contributed by atoms with Crippen molar-refractivity contribution in [2.45, 2.75) is 25.4 Å². The summed E-state index contributed by atoms with van der Waals surface area (Å²) >= 11 is 1.61. The standard InChI is InChI=1S/C18H19N3O2S/c1-22-14-8-6-13(7-9-14)15-4-2-10-21(15)12-17-19-20-18(23-17)16-5-3-11-24-16/h3,5-9,11,15H,2,4,10,12H2,1H3. The average molecular weight is 341 g/mol. The number of hydrogen-bond acceptors (Lipinski definition) is 6. The lowest BCUT2D eigenvalue weighted by Crippen LogP contribution is -2.22. The first-order valence-corrected chi connectivity index (χ1v) is 8.96. The number of aromatic nitrogens is 2. The van der Waals surface area contributed by atoms with Gasteiger partial charge in [-0.2, -0.15) is 0 Å². The third-order valence-corrected chi connectivity index (χ3v) is 5.26. The molecule has 0 aliphatic carbocycles. The lowest BCUT2D eigenvalue weighted by molar-refractivity contribution is 0.224. The molecule has 0 saturated carbocycles. The molecule has 1 atom stereocenters. The zero-order valence-electron chi connectivity index (χ0n) is 13.5. The van der Waals surface area contributed by atoms with Gasteiger partial charge in [0.2, 0.25) is 5.89 Å². The number of benzene rings is 1. The number of nitrogens with zero attached hydrogens (tertiary/aromatic N) is 3. The Hall–Kier alpha value is -2.18. The van der Waals surface area contributed by atoms with Gasteiger partial charge in [0.1, 0.15) is 5.75 Å². The molecule has 0 N–H and O–H groups in total. The fourth-order valence-electron chi connectivity index (χ4n) is 3.21. The van der Waals surface area contributed by atoms with Crippen molar-refractivity contribution < 1.29 is 9.15 Å². The van der Waals surface area contributed by atoms with Crippen LogP contribution < -0.4 is 4.74 Å². The minimum absolute atomic E-state index is 0.396. The molecular weight excluding hydrogens is 322 g/mol. The van der Waals surface area contributed by atoms with E-state index in [2.05, 4.69) is 27.2 Å². The Bertz CT molecular complexity index is 783. The second-order valence-electron chi connectivity index (χ2n) is 5.88. The molecule has 0 radical (unpaired) electrons. The van der Waals surface area contributed by atoms with Crippen molar-refractivity contribution in [3.8, 4) is 16.5 Å². The van der Waals surface area contributed by atoms with Crippen molar-refractivity contribution in [3.63, 3.8) is 0 Å². The predicted octanol–water partition coefficient (Wildman–Crippen LogP) is 4.14. The van der Waals surface area contributed by atoms with Gasteiger partial charge in [0.15, 0.2) is 0 Å². The molecule has 5 nitrogen and oxygen atoms in total. The van der Waals surface area contributed by atoms with Gasteiger partial charge in [-0.25, -0.2) is 0 Å². The van der Waals surface area contributed by atoms with Crippen molar-refractivity contribution >= 4 is 11.3 Å². The molecule has 3 aromatic rings. The number of rotatable bonds is 5. The minimum atomic E-state index is 0.396. The molecule has 1 fully saturated rings. The Labute approximate surface area is 144 Å². The van der Waals surface area contributed by atoms with E-state index in [-0.39, 0.29) is 0 Å². The first-order valence-electron chi connectivity index (χ1n) is 8.08. The molecule has 1 aliphatic heterocycles. The summed E-state index contributed by atoms with van der Waals surface area (Å²) in [4.78, 5) is 3.43. The molecule has 1 aromatic carbocycles. The van der Waals surface area contributed by atoms with E-state index in [9.17, 15) is 0 Å². The number of hydrogen-bond donors (Lipinski definition) is 0. The van der Waals surface area contributed by atoms with Crippen LogP contribution in [0.15, 0.2) is 46.2 Å². The third-order valence-electron chi connectivity index (χ3n) is 4.40. The Morgan fingerprint density at radius 2 is 2.12 bits per heavy atom. The summed E-state index contributed by atoms with van der Waals surface area (Å²) in [6, 6.07) is 12.7. The topological polar surface area (TPSA) is 51.4 Å². The van der Waals surface area contributed by atoms with Gasteiger partial charge in [-0.05, 0) is 48.5 Å². The highest BCUT2D eigenvalue weighted by molar-refractivity contribution is 7.13. The summed E-state index contributed by atoms with van der Waals surface area (Å²) in [5.41, 5.74) is 1.31. The van der Waals surface area contributed by atoms with Gasteiger partial charge in [0, 0.05) is 6.04 Å². The van der Waals surface area contributed by atoms with E-state index < -0.39 is 0 Å². The normalized spacial score (nSPS) is 18.1. The van der Waals surface area contributed by atoms with Crippen molar-refractivity contribution in [1.29, 1.82) is 0 Å². The van der Waals surface area contributed by atoms with Crippen LogP contribution in [0, 0.1) is 0 Å². The highest BCUT2D eigenvalue weighted by atomic mass is 32.1. The Kier molecular flexibility index (Phi) is 4.32.